The highest BCUT2D eigenvalue weighted by molar-refractivity contribution is 5.93. The largest absolute Gasteiger partial charge is 0.489 e. The summed E-state index contributed by atoms with van der Waals surface area (Å²) in [5.41, 5.74) is 3.12. The maximum absolute atomic E-state index is 11.5. The highest BCUT2D eigenvalue weighted by Gasteiger charge is 2.22. The molecule has 1 aliphatic rings. The van der Waals surface area contributed by atoms with E-state index in [1.54, 1.807) is 30.5 Å². The molecule has 4 rings (SSSR count). The Kier molecular flexibility index (Phi) is 6.63. The second kappa shape index (κ2) is 9.94. The van der Waals surface area contributed by atoms with Crippen LogP contribution in [0, 0.1) is 11.3 Å². The van der Waals surface area contributed by atoms with Crippen LogP contribution in [0.2, 0.25) is 0 Å². The van der Waals surface area contributed by atoms with E-state index >= 15 is 0 Å². The van der Waals surface area contributed by atoms with Gasteiger partial charge in [0.15, 0.2) is 0 Å². The van der Waals surface area contributed by atoms with Crippen LogP contribution in [0.5, 0.6) is 5.75 Å². The van der Waals surface area contributed by atoms with Gasteiger partial charge in [-0.05, 0) is 41.5 Å². The molecule has 0 saturated carbocycles. The molecule has 1 saturated heterocycles. The van der Waals surface area contributed by atoms with Crippen LogP contribution in [0.1, 0.15) is 27.0 Å². The molecule has 2 heterocycles. The van der Waals surface area contributed by atoms with Crippen LogP contribution in [-0.4, -0.2) is 47.1 Å². The number of nitriles is 1. The van der Waals surface area contributed by atoms with Crippen LogP contribution in [0.3, 0.4) is 0 Å². The molecular weight excluding hydrogens is 404 g/mol. The predicted molar refractivity (Wildman–Crippen MR) is 121 cm³/mol. The summed E-state index contributed by atoms with van der Waals surface area (Å²) in [6.07, 6.45) is 1.64. The maximum Gasteiger partial charge on any atom is 0.339 e. The lowest BCUT2D eigenvalue weighted by molar-refractivity contribution is 0.0697. The fraction of sp³-hybridized carbons (Fsp3) is 0.240. The van der Waals surface area contributed by atoms with Crippen LogP contribution in [-0.2, 0) is 13.2 Å². The molecule has 1 aromatic heterocycles. The van der Waals surface area contributed by atoms with Gasteiger partial charge in [0, 0.05) is 38.9 Å². The number of anilines is 1. The summed E-state index contributed by atoms with van der Waals surface area (Å²) in [5, 5.41) is 18.4. The molecule has 0 spiro atoms. The molecule has 32 heavy (non-hydrogen) atoms. The van der Waals surface area contributed by atoms with Gasteiger partial charge < -0.3 is 14.7 Å². The van der Waals surface area contributed by atoms with E-state index in [4.69, 9.17) is 10.00 Å². The lowest BCUT2D eigenvalue weighted by atomic mass is 10.1. The van der Waals surface area contributed by atoms with Crippen molar-refractivity contribution >= 4 is 11.8 Å². The van der Waals surface area contributed by atoms with Crippen molar-refractivity contribution in [2.75, 3.05) is 31.1 Å². The standard InChI is InChI=1S/C25H24N4O3/c26-16-21-3-1-4-22(15-21)32-18-20-8-6-19(7-9-20)17-28-11-13-29(14-12-28)24-23(25(30)31)5-2-10-27-24/h1-10,15H,11-14,17-18H2,(H,30,31). The summed E-state index contributed by atoms with van der Waals surface area (Å²) < 4.78 is 5.79. The van der Waals surface area contributed by atoms with Gasteiger partial charge in [0.05, 0.1) is 11.6 Å². The first-order valence-electron chi connectivity index (χ1n) is 10.5. The number of hydrogen-bond acceptors (Lipinski definition) is 6. The second-order valence-electron chi connectivity index (χ2n) is 7.69. The van der Waals surface area contributed by atoms with Crippen LogP contribution < -0.4 is 9.64 Å². The van der Waals surface area contributed by atoms with Crippen LogP contribution in [0.15, 0.2) is 66.9 Å². The Morgan fingerprint density at radius 2 is 1.78 bits per heavy atom. The van der Waals surface area contributed by atoms with Gasteiger partial charge in [-0.3, -0.25) is 4.90 Å². The second-order valence-corrected chi connectivity index (χ2v) is 7.69. The molecule has 1 aliphatic heterocycles. The van der Waals surface area contributed by atoms with Crippen molar-refractivity contribution in [3.8, 4) is 11.8 Å². The number of carboxylic acid groups (broad SMARTS) is 1. The molecule has 0 bridgehead atoms. The summed E-state index contributed by atoms with van der Waals surface area (Å²) in [4.78, 5) is 20.1. The third-order valence-corrected chi connectivity index (χ3v) is 5.49. The van der Waals surface area contributed by atoms with Gasteiger partial charge in [-0.2, -0.15) is 5.26 Å². The molecule has 7 heteroatoms. The quantitative estimate of drug-likeness (QED) is 0.615. The first kappa shape index (κ1) is 21.3. The molecule has 0 amide bonds. The summed E-state index contributed by atoms with van der Waals surface area (Å²) in [7, 11) is 0. The fourth-order valence-electron chi connectivity index (χ4n) is 3.75. The first-order valence-corrected chi connectivity index (χ1v) is 10.5. The minimum absolute atomic E-state index is 0.248. The Bertz CT molecular complexity index is 1120. The molecule has 0 atom stereocenters. The number of nitrogens with zero attached hydrogens (tertiary/aromatic N) is 4. The first-order chi connectivity index (χ1) is 15.6. The van der Waals surface area contributed by atoms with E-state index in [-0.39, 0.29) is 5.56 Å². The molecule has 3 aromatic rings. The number of ether oxygens (including phenoxy) is 1. The van der Waals surface area contributed by atoms with Gasteiger partial charge in [-0.1, -0.05) is 30.3 Å². The summed E-state index contributed by atoms with van der Waals surface area (Å²) in [6.45, 7) is 4.46. The number of carboxylic acids is 1. The number of aromatic carboxylic acids is 1. The molecule has 162 valence electrons. The zero-order valence-corrected chi connectivity index (χ0v) is 17.6. The van der Waals surface area contributed by atoms with E-state index < -0.39 is 5.97 Å². The van der Waals surface area contributed by atoms with Crippen molar-refractivity contribution in [3.05, 3.63) is 89.1 Å². The minimum atomic E-state index is -0.947. The van der Waals surface area contributed by atoms with Crippen molar-refractivity contribution in [1.29, 1.82) is 5.26 Å². The third kappa shape index (κ3) is 5.23. The van der Waals surface area contributed by atoms with E-state index in [2.05, 4.69) is 40.2 Å². The van der Waals surface area contributed by atoms with Gasteiger partial charge >= 0.3 is 5.97 Å². The topological polar surface area (TPSA) is 89.7 Å². The zero-order chi connectivity index (χ0) is 22.3. The van der Waals surface area contributed by atoms with Gasteiger partial charge in [0.1, 0.15) is 23.7 Å². The highest BCUT2D eigenvalue weighted by Crippen LogP contribution is 2.20. The third-order valence-electron chi connectivity index (χ3n) is 5.49. The smallest absolute Gasteiger partial charge is 0.339 e. The van der Waals surface area contributed by atoms with Gasteiger partial charge in [0.2, 0.25) is 0 Å². The Morgan fingerprint density at radius 1 is 1.03 bits per heavy atom. The van der Waals surface area contributed by atoms with Crippen LogP contribution in [0.25, 0.3) is 0 Å². The van der Waals surface area contributed by atoms with Crippen molar-refractivity contribution in [3.63, 3.8) is 0 Å². The Balaban J connectivity index is 1.28. The number of hydrogen-bond donors (Lipinski definition) is 1. The van der Waals surface area contributed by atoms with Gasteiger partial charge in [0.25, 0.3) is 0 Å². The molecule has 0 aliphatic carbocycles. The van der Waals surface area contributed by atoms with Crippen molar-refractivity contribution in [1.82, 2.24) is 9.88 Å². The molecule has 1 N–H and O–H groups in total. The Morgan fingerprint density at radius 3 is 2.50 bits per heavy atom. The normalized spacial score (nSPS) is 14.0. The fourth-order valence-corrected chi connectivity index (χ4v) is 3.75. The van der Waals surface area contributed by atoms with E-state index in [1.165, 1.54) is 5.56 Å². The number of piperazine rings is 1. The van der Waals surface area contributed by atoms with Gasteiger partial charge in [-0.25, -0.2) is 9.78 Å². The predicted octanol–water partition coefficient (Wildman–Crippen LogP) is 3.55. The van der Waals surface area contributed by atoms with Crippen molar-refractivity contribution in [2.45, 2.75) is 13.2 Å². The SMILES string of the molecule is N#Cc1cccc(OCc2ccc(CN3CCN(c4ncccc4C(=O)O)CC3)cc2)c1. The van der Waals surface area contributed by atoms with E-state index in [9.17, 15) is 9.90 Å². The average molecular weight is 428 g/mol. The van der Waals surface area contributed by atoms with Crippen LogP contribution in [0.4, 0.5) is 5.82 Å². The lowest BCUT2D eigenvalue weighted by Crippen LogP contribution is -2.46. The van der Waals surface area contributed by atoms with E-state index in [0.29, 0.717) is 23.7 Å². The molecule has 0 radical (unpaired) electrons. The molecule has 1 fully saturated rings. The number of carbonyl (C=O) groups is 1. The summed E-state index contributed by atoms with van der Waals surface area (Å²) in [5.74, 6) is 0.284. The summed E-state index contributed by atoms with van der Waals surface area (Å²) >= 11 is 0. The zero-order valence-electron chi connectivity index (χ0n) is 17.6. The van der Waals surface area contributed by atoms with E-state index in [0.717, 1.165) is 38.3 Å². The lowest BCUT2D eigenvalue weighted by Gasteiger charge is -2.35. The molecule has 2 aromatic carbocycles. The van der Waals surface area contributed by atoms with Crippen molar-refractivity contribution < 1.29 is 14.6 Å². The molecular formula is C25H24N4O3. The van der Waals surface area contributed by atoms with E-state index in [1.807, 2.05) is 17.0 Å². The van der Waals surface area contributed by atoms with Gasteiger partial charge in [-0.15, -0.1) is 0 Å². The number of aromatic nitrogens is 1. The van der Waals surface area contributed by atoms with Crippen molar-refractivity contribution in [2.24, 2.45) is 0 Å². The molecule has 0 unspecified atom stereocenters. The Hall–Kier alpha value is -3.89. The molecule has 7 nitrogen and oxygen atoms in total. The minimum Gasteiger partial charge on any atom is -0.489 e. The number of benzene rings is 2. The highest BCUT2D eigenvalue weighted by atomic mass is 16.5. The number of rotatable bonds is 7. The maximum atomic E-state index is 11.5. The monoisotopic (exact) mass is 428 g/mol. The number of pyridine rings is 1. The van der Waals surface area contributed by atoms with Crippen LogP contribution >= 0.6 is 0 Å². The Labute approximate surface area is 187 Å². The average Bonchev–Trinajstić information content (AvgIpc) is 2.84. The summed E-state index contributed by atoms with van der Waals surface area (Å²) in [6, 6.07) is 20.9.